The molecule has 25 heavy (non-hydrogen) atoms. The fourth-order valence-corrected chi connectivity index (χ4v) is 2.61. The van der Waals surface area contributed by atoms with E-state index in [2.05, 4.69) is 6.92 Å². The average Bonchev–Trinajstić information content (AvgIpc) is 2.62. The summed E-state index contributed by atoms with van der Waals surface area (Å²) < 4.78 is 10.9. The summed E-state index contributed by atoms with van der Waals surface area (Å²) >= 11 is 0. The van der Waals surface area contributed by atoms with Crippen LogP contribution in [0.2, 0.25) is 0 Å². The molecule has 0 atom stereocenters. The highest BCUT2D eigenvalue weighted by atomic mass is 16.5. The van der Waals surface area contributed by atoms with Crippen molar-refractivity contribution in [2.45, 2.75) is 32.6 Å². The monoisotopic (exact) mass is 342 g/mol. The van der Waals surface area contributed by atoms with Gasteiger partial charge in [-0.1, -0.05) is 56.5 Å². The molecule has 0 bridgehead atoms. The lowest BCUT2D eigenvalue weighted by Gasteiger charge is -2.16. The summed E-state index contributed by atoms with van der Waals surface area (Å²) in [5.74, 6) is -0.659. The zero-order chi connectivity index (χ0) is 18.1. The second-order valence-electron chi connectivity index (χ2n) is 5.61. The number of carboxylic acids is 1. The molecule has 5 heteroatoms. The van der Waals surface area contributed by atoms with E-state index in [-0.39, 0.29) is 17.8 Å². The smallest absolute Gasteiger partial charge is 0.339 e. The molecule has 0 fully saturated rings. The molecule has 0 amide bonds. The SMILES string of the molecule is CCCCCCOc1ccc(C(=O)O)c(OC=O)c1-c1ccccc1. The van der Waals surface area contributed by atoms with Gasteiger partial charge in [0.25, 0.3) is 6.47 Å². The fraction of sp³-hybridized carbons (Fsp3) is 0.300. The van der Waals surface area contributed by atoms with Gasteiger partial charge >= 0.3 is 5.97 Å². The lowest BCUT2D eigenvalue weighted by atomic mass is 10.00. The van der Waals surface area contributed by atoms with Gasteiger partial charge in [0.05, 0.1) is 12.2 Å². The molecular weight excluding hydrogens is 320 g/mol. The molecule has 5 nitrogen and oxygen atoms in total. The van der Waals surface area contributed by atoms with Crippen molar-refractivity contribution in [1.29, 1.82) is 0 Å². The zero-order valence-corrected chi connectivity index (χ0v) is 14.2. The van der Waals surface area contributed by atoms with Crippen LogP contribution in [0, 0.1) is 0 Å². The van der Waals surface area contributed by atoms with Crippen LogP contribution in [0.5, 0.6) is 11.5 Å². The van der Waals surface area contributed by atoms with Crippen LogP contribution in [0.1, 0.15) is 43.0 Å². The quantitative estimate of drug-likeness (QED) is 0.507. The van der Waals surface area contributed by atoms with Crippen molar-refractivity contribution in [3.05, 3.63) is 48.0 Å². The van der Waals surface area contributed by atoms with E-state index in [1.165, 1.54) is 6.07 Å². The average molecular weight is 342 g/mol. The second kappa shape index (κ2) is 9.47. The second-order valence-corrected chi connectivity index (χ2v) is 5.61. The molecule has 0 aromatic heterocycles. The molecule has 0 aliphatic heterocycles. The Morgan fingerprint density at radius 2 is 1.84 bits per heavy atom. The molecule has 0 aliphatic rings. The molecule has 2 rings (SSSR count). The van der Waals surface area contributed by atoms with Crippen LogP contribution in [0.15, 0.2) is 42.5 Å². The van der Waals surface area contributed by atoms with E-state index in [1.807, 2.05) is 30.3 Å². The predicted octanol–water partition coefficient (Wildman–Crippen LogP) is 4.55. The van der Waals surface area contributed by atoms with Gasteiger partial charge in [-0.05, 0) is 24.1 Å². The van der Waals surface area contributed by atoms with E-state index in [1.54, 1.807) is 6.07 Å². The summed E-state index contributed by atoms with van der Waals surface area (Å²) in [5.41, 5.74) is 1.12. The molecule has 0 radical (unpaired) electrons. The molecular formula is C20H22O5. The first-order valence-corrected chi connectivity index (χ1v) is 8.37. The molecule has 0 saturated carbocycles. The van der Waals surface area contributed by atoms with E-state index < -0.39 is 5.97 Å². The predicted molar refractivity (Wildman–Crippen MR) is 95.2 cm³/mol. The Labute approximate surface area is 147 Å². The zero-order valence-electron chi connectivity index (χ0n) is 14.2. The number of hydrogen-bond donors (Lipinski definition) is 1. The number of unbranched alkanes of at least 4 members (excludes halogenated alkanes) is 3. The Hall–Kier alpha value is -2.82. The molecule has 2 aromatic rings. The number of aromatic carboxylic acids is 1. The third-order valence-electron chi connectivity index (χ3n) is 3.83. The molecule has 0 unspecified atom stereocenters. The van der Waals surface area contributed by atoms with Gasteiger partial charge in [-0.2, -0.15) is 0 Å². The summed E-state index contributed by atoms with van der Waals surface area (Å²) in [6.07, 6.45) is 4.26. The van der Waals surface area contributed by atoms with E-state index in [0.29, 0.717) is 17.9 Å². The Morgan fingerprint density at radius 1 is 1.08 bits per heavy atom. The topological polar surface area (TPSA) is 72.8 Å². The third-order valence-corrected chi connectivity index (χ3v) is 3.83. The van der Waals surface area contributed by atoms with Crippen LogP contribution >= 0.6 is 0 Å². The summed E-state index contributed by atoms with van der Waals surface area (Å²) in [4.78, 5) is 22.4. The van der Waals surface area contributed by atoms with Gasteiger partial charge in [0, 0.05) is 0 Å². The molecule has 2 aromatic carbocycles. The minimum Gasteiger partial charge on any atom is -0.493 e. The molecule has 0 saturated heterocycles. The van der Waals surface area contributed by atoms with Crippen molar-refractivity contribution >= 4 is 12.4 Å². The van der Waals surface area contributed by atoms with Gasteiger partial charge in [-0.3, -0.25) is 4.79 Å². The number of carboxylic acid groups (broad SMARTS) is 1. The molecule has 132 valence electrons. The standard InChI is InChI=1S/C20H22O5/c1-2-3-4-8-13-24-17-12-11-16(20(22)23)19(25-14-21)18(17)15-9-6-5-7-10-15/h5-7,9-12,14H,2-4,8,13H2,1H3,(H,22,23). The van der Waals surface area contributed by atoms with Crippen molar-refractivity contribution in [2.75, 3.05) is 6.61 Å². The number of carbonyl (C=O) groups is 2. The van der Waals surface area contributed by atoms with Crippen molar-refractivity contribution in [1.82, 2.24) is 0 Å². The molecule has 1 N–H and O–H groups in total. The number of hydrogen-bond acceptors (Lipinski definition) is 4. The Morgan fingerprint density at radius 3 is 2.48 bits per heavy atom. The molecule has 0 spiro atoms. The highest BCUT2D eigenvalue weighted by Crippen LogP contribution is 2.41. The lowest BCUT2D eigenvalue weighted by molar-refractivity contribution is -0.120. The Bertz CT molecular complexity index is 710. The van der Waals surface area contributed by atoms with Crippen molar-refractivity contribution in [2.24, 2.45) is 0 Å². The highest BCUT2D eigenvalue weighted by molar-refractivity contribution is 5.96. The van der Waals surface area contributed by atoms with Gasteiger partial charge in [0.15, 0.2) is 5.75 Å². The van der Waals surface area contributed by atoms with Crippen molar-refractivity contribution in [3.8, 4) is 22.6 Å². The molecule has 0 aliphatic carbocycles. The van der Waals surface area contributed by atoms with Gasteiger partial charge in [0.1, 0.15) is 11.3 Å². The van der Waals surface area contributed by atoms with E-state index in [0.717, 1.165) is 31.2 Å². The third kappa shape index (κ3) is 4.83. The summed E-state index contributed by atoms with van der Waals surface area (Å²) in [6.45, 7) is 2.90. The minimum absolute atomic E-state index is 0.000224. The van der Waals surface area contributed by atoms with E-state index in [9.17, 15) is 14.7 Å². The normalized spacial score (nSPS) is 10.3. The van der Waals surface area contributed by atoms with Gasteiger partial charge in [-0.15, -0.1) is 0 Å². The van der Waals surface area contributed by atoms with Crippen molar-refractivity contribution < 1.29 is 24.2 Å². The maximum atomic E-state index is 11.5. The van der Waals surface area contributed by atoms with Gasteiger partial charge in [0.2, 0.25) is 0 Å². The van der Waals surface area contributed by atoms with Crippen LogP contribution in [0.25, 0.3) is 11.1 Å². The van der Waals surface area contributed by atoms with E-state index in [4.69, 9.17) is 9.47 Å². The van der Waals surface area contributed by atoms with Crippen LogP contribution in [-0.4, -0.2) is 24.2 Å². The first-order valence-electron chi connectivity index (χ1n) is 8.37. The summed E-state index contributed by atoms with van der Waals surface area (Å²) in [6, 6.07) is 12.2. The van der Waals surface area contributed by atoms with Crippen LogP contribution in [0.4, 0.5) is 0 Å². The lowest BCUT2D eigenvalue weighted by Crippen LogP contribution is -2.06. The maximum absolute atomic E-state index is 11.5. The Balaban J connectivity index is 2.42. The fourth-order valence-electron chi connectivity index (χ4n) is 2.61. The highest BCUT2D eigenvalue weighted by Gasteiger charge is 2.21. The minimum atomic E-state index is -1.16. The van der Waals surface area contributed by atoms with Crippen LogP contribution < -0.4 is 9.47 Å². The van der Waals surface area contributed by atoms with Crippen molar-refractivity contribution in [3.63, 3.8) is 0 Å². The number of benzene rings is 2. The number of carbonyl (C=O) groups excluding carboxylic acids is 1. The largest absolute Gasteiger partial charge is 0.493 e. The maximum Gasteiger partial charge on any atom is 0.339 e. The van der Waals surface area contributed by atoms with Gasteiger partial charge < -0.3 is 14.6 Å². The van der Waals surface area contributed by atoms with E-state index >= 15 is 0 Å². The van der Waals surface area contributed by atoms with Crippen LogP contribution in [-0.2, 0) is 4.79 Å². The van der Waals surface area contributed by atoms with Gasteiger partial charge in [-0.25, -0.2) is 4.79 Å². The number of ether oxygens (including phenoxy) is 2. The number of rotatable bonds is 10. The Kier molecular flexibility index (Phi) is 7.01. The summed E-state index contributed by atoms with van der Waals surface area (Å²) in [5, 5.41) is 9.39. The first kappa shape index (κ1) is 18.5. The molecule has 0 heterocycles. The summed E-state index contributed by atoms with van der Waals surface area (Å²) in [7, 11) is 0. The first-order chi connectivity index (χ1) is 12.2. The van der Waals surface area contributed by atoms with Crippen LogP contribution in [0.3, 0.4) is 0 Å².